The van der Waals surface area contributed by atoms with Gasteiger partial charge in [-0.15, -0.1) is 0 Å². The van der Waals surface area contributed by atoms with E-state index in [-0.39, 0.29) is 23.5 Å². The minimum absolute atomic E-state index is 0.113. The van der Waals surface area contributed by atoms with Crippen LogP contribution in [0.2, 0.25) is 0 Å². The molecule has 1 aliphatic rings. The van der Waals surface area contributed by atoms with E-state index in [9.17, 15) is 9.18 Å². The third-order valence-electron chi connectivity index (χ3n) is 4.79. The molecule has 1 fully saturated rings. The van der Waals surface area contributed by atoms with Crippen LogP contribution in [0, 0.1) is 5.82 Å². The van der Waals surface area contributed by atoms with Crippen molar-refractivity contribution in [2.45, 2.75) is 38.6 Å². The van der Waals surface area contributed by atoms with Crippen molar-refractivity contribution in [2.24, 2.45) is 0 Å². The standard InChI is InChI=1S/C20H20FN3O3/c1-2-4-15-11-16(22-26-15)18-5-3-10-24(18)20(25)17-12-19(27-23-17)13-6-8-14(21)9-7-13/h6-9,11-12,18H,2-5,10H2,1H3/t18-/m0/s1. The van der Waals surface area contributed by atoms with Crippen molar-refractivity contribution in [1.29, 1.82) is 0 Å². The Kier molecular flexibility index (Phi) is 4.75. The Balaban J connectivity index is 1.53. The van der Waals surface area contributed by atoms with Crippen LogP contribution in [0.1, 0.15) is 54.2 Å². The SMILES string of the molecule is CCCc1cc([C@@H]2CCCN2C(=O)c2cc(-c3ccc(F)cc3)on2)no1. The number of carbonyl (C=O) groups is 1. The maximum atomic E-state index is 13.1. The second-order valence-corrected chi connectivity index (χ2v) is 6.71. The highest BCUT2D eigenvalue weighted by atomic mass is 19.1. The van der Waals surface area contributed by atoms with Gasteiger partial charge in [0.15, 0.2) is 11.5 Å². The molecule has 1 aliphatic heterocycles. The van der Waals surface area contributed by atoms with Gasteiger partial charge in [-0.2, -0.15) is 0 Å². The molecule has 1 amide bonds. The number of rotatable bonds is 5. The number of hydrogen-bond acceptors (Lipinski definition) is 5. The lowest BCUT2D eigenvalue weighted by Crippen LogP contribution is -2.30. The van der Waals surface area contributed by atoms with Gasteiger partial charge in [0.2, 0.25) is 0 Å². The molecule has 1 saturated heterocycles. The van der Waals surface area contributed by atoms with E-state index in [2.05, 4.69) is 17.2 Å². The summed E-state index contributed by atoms with van der Waals surface area (Å²) in [6.45, 7) is 2.72. The summed E-state index contributed by atoms with van der Waals surface area (Å²) in [5, 5.41) is 8.07. The number of nitrogens with zero attached hydrogens (tertiary/aromatic N) is 3. The van der Waals surface area contributed by atoms with Crippen molar-refractivity contribution in [3.05, 3.63) is 59.4 Å². The molecule has 0 saturated carbocycles. The molecule has 3 aromatic rings. The van der Waals surface area contributed by atoms with Crippen molar-refractivity contribution in [3.8, 4) is 11.3 Å². The maximum Gasteiger partial charge on any atom is 0.276 e. The first-order valence-corrected chi connectivity index (χ1v) is 9.15. The quantitative estimate of drug-likeness (QED) is 0.667. The summed E-state index contributed by atoms with van der Waals surface area (Å²) in [5.74, 6) is 0.742. The topological polar surface area (TPSA) is 72.4 Å². The molecule has 6 nitrogen and oxygen atoms in total. The Bertz CT molecular complexity index is 932. The number of benzene rings is 1. The van der Waals surface area contributed by atoms with Crippen molar-refractivity contribution in [1.82, 2.24) is 15.2 Å². The van der Waals surface area contributed by atoms with E-state index >= 15 is 0 Å². The summed E-state index contributed by atoms with van der Waals surface area (Å²) >= 11 is 0. The normalized spacial score (nSPS) is 16.8. The van der Waals surface area contributed by atoms with Crippen LogP contribution in [0.15, 0.2) is 45.4 Å². The Morgan fingerprint density at radius 1 is 1.22 bits per heavy atom. The highest BCUT2D eigenvalue weighted by Crippen LogP contribution is 2.33. The maximum absolute atomic E-state index is 13.1. The van der Waals surface area contributed by atoms with Gasteiger partial charge in [0.05, 0.1) is 6.04 Å². The van der Waals surface area contributed by atoms with Crippen LogP contribution < -0.4 is 0 Å². The van der Waals surface area contributed by atoms with Crippen LogP contribution in [-0.2, 0) is 6.42 Å². The zero-order valence-electron chi connectivity index (χ0n) is 15.0. The van der Waals surface area contributed by atoms with Crippen LogP contribution in [0.5, 0.6) is 0 Å². The third kappa shape index (κ3) is 3.49. The van der Waals surface area contributed by atoms with Crippen molar-refractivity contribution >= 4 is 5.91 Å². The summed E-state index contributed by atoms with van der Waals surface area (Å²) < 4.78 is 23.7. The monoisotopic (exact) mass is 369 g/mol. The van der Waals surface area contributed by atoms with Gasteiger partial charge in [-0.3, -0.25) is 4.79 Å². The zero-order valence-corrected chi connectivity index (χ0v) is 15.0. The van der Waals surface area contributed by atoms with Crippen LogP contribution in [0.4, 0.5) is 4.39 Å². The second kappa shape index (κ2) is 7.34. The highest BCUT2D eigenvalue weighted by molar-refractivity contribution is 5.93. The molecule has 1 atom stereocenters. The summed E-state index contributed by atoms with van der Waals surface area (Å²) in [4.78, 5) is 14.7. The van der Waals surface area contributed by atoms with Crippen molar-refractivity contribution < 1.29 is 18.2 Å². The predicted molar refractivity (Wildman–Crippen MR) is 95.4 cm³/mol. The molecule has 0 radical (unpaired) electrons. The zero-order chi connectivity index (χ0) is 18.8. The van der Waals surface area contributed by atoms with Crippen molar-refractivity contribution in [3.63, 3.8) is 0 Å². The third-order valence-corrected chi connectivity index (χ3v) is 4.79. The fourth-order valence-corrected chi connectivity index (χ4v) is 3.44. The number of halogens is 1. The molecule has 140 valence electrons. The van der Waals surface area contributed by atoms with Gasteiger partial charge in [-0.25, -0.2) is 4.39 Å². The smallest absolute Gasteiger partial charge is 0.276 e. The molecule has 1 aromatic carbocycles. The van der Waals surface area contributed by atoms with E-state index in [1.165, 1.54) is 12.1 Å². The van der Waals surface area contributed by atoms with E-state index in [1.807, 2.05) is 6.07 Å². The lowest BCUT2D eigenvalue weighted by Gasteiger charge is -2.21. The summed E-state index contributed by atoms with van der Waals surface area (Å²) in [6.07, 6.45) is 3.55. The predicted octanol–water partition coefficient (Wildman–Crippen LogP) is 4.40. The van der Waals surface area contributed by atoms with Crippen LogP contribution in [0.3, 0.4) is 0 Å². The molecular weight excluding hydrogens is 349 g/mol. The van der Waals surface area contributed by atoms with E-state index in [0.717, 1.165) is 37.1 Å². The Morgan fingerprint density at radius 3 is 2.81 bits per heavy atom. The number of carbonyl (C=O) groups excluding carboxylic acids is 1. The largest absolute Gasteiger partial charge is 0.361 e. The minimum Gasteiger partial charge on any atom is -0.361 e. The molecule has 4 rings (SSSR count). The van der Waals surface area contributed by atoms with Gasteiger partial charge in [0.1, 0.15) is 17.3 Å². The van der Waals surface area contributed by atoms with Gasteiger partial charge >= 0.3 is 0 Å². The van der Waals surface area contributed by atoms with E-state index < -0.39 is 0 Å². The average molecular weight is 369 g/mol. The molecule has 0 N–H and O–H groups in total. The lowest BCUT2D eigenvalue weighted by molar-refractivity contribution is 0.0720. The van der Waals surface area contributed by atoms with Gasteiger partial charge < -0.3 is 13.9 Å². The van der Waals surface area contributed by atoms with Gasteiger partial charge in [0.25, 0.3) is 5.91 Å². The molecule has 2 aromatic heterocycles. The number of aryl methyl sites for hydroxylation is 1. The van der Waals surface area contributed by atoms with Gasteiger partial charge in [-0.1, -0.05) is 17.2 Å². The fraction of sp³-hybridized carbons (Fsp3) is 0.350. The molecule has 0 aliphatic carbocycles. The lowest BCUT2D eigenvalue weighted by atomic mass is 10.1. The first-order chi connectivity index (χ1) is 13.2. The average Bonchev–Trinajstić information content (AvgIpc) is 3.42. The molecule has 0 bridgehead atoms. The van der Waals surface area contributed by atoms with Crippen molar-refractivity contribution in [2.75, 3.05) is 6.54 Å². The molecule has 27 heavy (non-hydrogen) atoms. The summed E-state index contributed by atoms with van der Waals surface area (Å²) in [5.41, 5.74) is 1.69. The van der Waals surface area contributed by atoms with Crippen LogP contribution >= 0.6 is 0 Å². The Hall–Kier alpha value is -2.96. The minimum atomic E-state index is -0.329. The molecule has 0 unspecified atom stereocenters. The van der Waals surface area contributed by atoms with E-state index in [0.29, 0.717) is 17.9 Å². The van der Waals surface area contributed by atoms with Crippen LogP contribution in [0.25, 0.3) is 11.3 Å². The summed E-state index contributed by atoms with van der Waals surface area (Å²) in [6, 6.07) is 9.28. The molecule has 7 heteroatoms. The second-order valence-electron chi connectivity index (χ2n) is 6.71. The number of aromatic nitrogens is 2. The highest BCUT2D eigenvalue weighted by Gasteiger charge is 2.34. The number of amides is 1. The first kappa shape index (κ1) is 17.5. The van der Waals surface area contributed by atoms with Gasteiger partial charge in [-0.05, 0) is 43.5 Å². The first-order valence-electron chi connectivity index (χ1n) is 9.15. The molecule has 0 spiro atoms. The number of likely N-dealkylation sites (tertiary alicyclic amines) is 1. The van der Waals surface area contributed by atoms with E-state index in [4.69, 9.17) is 9.05 Å². The molecule has 3 heterocycles. The molecular formula is C20H20FN3O3. The van der Waals surface area contributed by atoms with E-state index in [1.54, 1.807) is 23.1 Å². The Labute approximate surface area is 155 Å². The fourth-order valence-electron chi connectivity index (χ4n) is 3.44. The Morgan fingerprint density at radius 2 is 2.04 bits per heavy atom. The van der Waals surface area contributed by atoms with Gasteiger partial charge in [0, 0.05) is 30.7 Å². The van der Waals surface area contributed by atoms with Crippen LogP contribution in [-0.4, -0.2) is 27.7 Å². The number of hydrogen-bond donors (Lipinski definition) is 0. The summed E-state index contributed by atoms with van der Waals surface area (Å²) in [7, 11) is 0.